The van der Waals surface area contributed by atoms with Gasteiger partial charge in [0.05, 0.1) is 11.3 Å². The molecule has 9 heteroatoms. The SMILES string of the molecule is CNC(=O)c1c(-c2ccc(F)cc2)oc2cc(N(C)I(=O)=O)c(-c3cccc(-c4ccc5cnccc5c4)c3)cc12. The van der Waals surface area contributed by atoms with Crippen LogP contribution in [0.3, 0.4) is 0 Å². The maximum Gasteiger partial charge on any atom is 0.420 e. The van der Waals surface area contributed by atoms with Crippen LogP contribution in [-0.2, 0) is 6.14 Å². The smallest absolute Gasteiger partial charge is 0.420 e. The molecule has 0 aliphatic heterocycles. The molecule has 0 saturated heterocycles. The van der Waals surface area contributed by atoms with E-state index in [1.807, 2.05) is 48.7 Å². The first kappa shape index (κ1) is 26.6. The van der Waals surface area contributed by atoms with E-state index in [1.165, 1.54) is 41.5 Å². The van der Waals surface area contributed by atoms with E-state index in [9.17, 15) is 15.3 Å². The lowest BCUT2D eigenvalue weighted by molar-refractivity contribution is 0.0964. The van der Waals surface area contributed by atoms with Gasteiger partial charge in [-0.15, -0.1) is 0 Å². The van der Waals surface area contributed by atoms with Gasteiger partial charge < -0.3 is 9.73 Å². The van der Waals surface area contributed by atoms with E-state index in [2.05, 4.69) is 16.4 Å². The fourth-order valence-corrected chi connectivity index (χ4v) is 5.80. The molecule has 2 aromatic heterocycles. The number of hydrogen-bond acceptors (Lipinski definition) is 5. The van der Waals surface area contributed by atoms with Crippen LogP contribution in [0.15, 0.2) is 102 Å². The van der Waals surface area contributed by atoms with Crippen molar-refractivity contribution in [3.8, 4) is 33.6 Å². The van der Waals surface area contributed by atoms with E-state index in [0.29, 0.717) is 27.8 Å². The summed E-state index contributed by atoms with van der Waals surface area (Å²) in [6.07, 6.45) is 3.57. The number of amides is 1. The zero-order valence-corrected chi connectivity index (χ0v) is 24.2. The van der Waals surface area contributed by atoms with Crippen LogP contribution in [0, 0.1) is 5.82 Å². The van der Waals surface area contributed by atoms with E-state index < -0.39 is 25.9 Å². The van der Waals surface area contributed by atoms with Crippen molar-refractivity contribution in [2.45, 2.75) is 0 Å². The van der Waals surface area contributed by atoms with Crippen LogP contribution in [0.25, 0.3) is 55.3 Å². The Morgan fingerprint density at radius 3 is 2.37 bits per heavy atom. The number of nitrogens with zero attached hydrogens (tertiary/aromatic N) is 2. The molecule has 1 amide bonds. The molecule has 7 nitrogen and oxygen atoms in total. The summed E-state index contributed by atoms with van der Waals surface area (Å²) in [6.45, 7) is 0. The number of rotatable bonds is 6. The average Bonchev–Trinajstić information content (AvgIpc) is 3.38. The Balaban J connectivity index is 1.58. The Kier molecular flexibility index (Phi) is 6.96. The van der Waals surface area contributed by atoms with Crippen molar-refractivity contribution in [3.05, 3.63) is 109 Å². The molecular formula is C32H23FIN3O4. The molecule has 0 aliphatic rings. The zero-order chi connectivity index (χ0) is 28.7. The van der Waals surface area contributed by atoms with Gasteiger partial charge in [0.2, 0.25) is 0 Å². The third-order valence-electron chi connectivity index (χ3n) is 7.05. The first-order valence-electron chi connectivity index (χ1n) is 12.7. The minimum absolute atomic E-state index is 0.268. The van der Waals surface area contributed by atoms with Crippen LogP contribution in [0.4, 0.5) is 10.1 Å². The lowest BCUT2D eigenvalue weighted by Gasteiger charge is -2.16. The number of carbonyl (C=O) groups is 1. The Labute approximate surface area is 242 Å². The van der Waals surface area contributed by atoms with Crippen LogP contribution in [-0.4, -0.2) is 25.0 Å². The summed E-state index contributed by atoms with van der Waals surface area (Å²) in [6, 6.07) is 25.0. The largest absolute Gasteiger partial charge is 0.455 e. The van der Waals surface area contributed by atoms with E-state index in [-0.39, 0.29) is 17.2 Å². The van der Waals surface area contributed by atoms with Gasteiger partial charge in [0.15, 0.2) is 0 Å². The lowest BCUT2D eigenvalue weighted by Crippen LogP contribution is -2.18. The Hall–Kier alpha value is -4.64. The number of anilines is 1. The van der Waals surface area contributed by atoms with Gasteiger partial charge in [-0.1, -0.05) is 30.3 Å². The first-order valence-corrected chi connectivity index (χ1v) is 15.4. The molecule has 0 radical (unpaired) electrons. The maximum absolute atomic E-state index is 13.6. The second-order valence-electron chi connectivity index (χ2n) is 9.45. The van der Waals surface area contributed by atoms with Gasteiger partial charge in [0.1, 0.15) is 17.2 Å². The maximum atomic E-state index is 13.6. The summed E-state index contributed by atoms with van der Waals surface area (Å²) in [5.41, 5.74) is 4.90. The minimum atomic E-state index is -3.94. The van der Waals surface area contributed by atoms with Crippen molar-refractivity contribution >= 4 is 53.4 Å². The molecule has 0 aliphatic carbocycles. The Bertz CT molecular complexity index is 2030. The van der Waals surface area contributed by atoms with Gasteiger partial charge in [0.25, 0.3) is 5.91 Å². The number of halogens is 2. The highest BCUT2D eigenvalue weighted by molar-refractivity contribution is 14.2. The number of hydrogen-bond donors (Lipinski definition) is 1. The molecule has 6 rings (SSSR count). The molecule has 0 atom stereocenters. The Morgan fingerprint density at radius 1 is 0.878 bits per heavy atom. The second-order valence-corrected chi connectivity index (χ2v) is 12.0. The summed E-state index contributed by atoms with van der Waals surface area (Å²) in [7, 11) is 3.02. The molecule has 2 heterocycles. The molecule has 6 aromatic rings. The summed E-state index contributed by atoms with van der Waals surface area (Å²) in [5, 5.41) is 5.26. The molecule has 0 spiro atoms. The predicted molar refractivity (Wildman–Crippen MR) is 165 cm³/mol. The van der Waals surface area contributed by atoms with E-state index in [4.69, 9.17) is 4.42 Å². The van der Waals surface area contributed by atoms with E-state index in [0.717, 1.165) is 27.5 Å². The number of benzene rings is 4. The standard InChI is InChI=1S/C32H23FIN3O4/c1-35-32(38)30-27-16-26(23-5-3-4-20(15-23)21-6-7-24-18-36-13-12-22(24)14-21)28(37(2)34(39)40)17-29(27)41-31(30)19-8-10-25(33)11-9-19/h3-18H,1-2H3,(H,35,38). The zero-order valence-electron chi connectivity index (χ0n) is 22.0. The molecule has 204 valence electrons. The molecule has 0 fully saturated rings. The highest BCUT2D eigenvalue weighted by Gasteiger charge is 2.25. The summed E-state index contributed by atoms with van der Waals surface area (Å²) >= 11 is -3.94. The van der Waals surface area contributed by atoms with Crippen molar-refractivity contribution in [2.75, 3.05) is 17.2 Å². The minimum Gasteiger partial charge on any atom is -0.455 e. The number of aromatic nitrogens is 1. The molecular weight excluding hydrogens is 636 g/mol. The van der Waals surface area contributed by atoms with E-state index in [1.54, 1.807) is 18.3 Å². The summed E-state index contributed by atoms with van der Waals surface area (Å²) in [4.78, 5) is 17.3. The average molecular weight is 659 g/mol. The van der Waals surface area contributed by atoms with Gasteiger partial charge in [-0.25, -0.2) is 10.5 Å². The van der Waals surface area contributed by atoms with Crippen molar-refractivity contribution < 1.29 is 19.7 Å². The molecule has 41 heavy (non-hydrogen) atoms. The summed E-state index contributed by atoms with van der Waals surface area (Å²) in [5.74, 6) is -0.525. The Morgan fingerprint density at radius 2 is 1.61 bits per heavy atom. The molecule has 0 bridgehead atoms. The quantitative estimate of drug-likeness (QED) is 0.144. The topological polar surface area (TPSA) is 92.5 Å². The fourth-order valence-electron chi connectivity index (χ4n) is 4.98. The third kappa shape index (κ3) is 4.93. The lowest BCUT2D eigenvalue weighted by atomic mass is 9.95. The predicted octanol–water partition coefficient (Wildman–Crippen LogP) is 8.03. The van der Waals surface area contributed by atoms with Crippen LogP contribution < -0.4 is 8.43 Å². The number of fused-ring (bicyclic) bond motifs is 2. The first-order chi connectivity index (χ1) is 19.8. The number of carbonyl (C=O) groups excluding carboxylic acids is 1. The number of pyridine rings is 1. The van der Waals surface area contributed by atoms with Gasteiger partial charge >= 0.3 is 20.1 Å². The molecule has 4 aromatic carbocycles. The highest BCUT2D eigenvalue weighted by Crippen LogP contribution is 2.43. The molecule has 1 N–H and O–H groups in total. The van der Waals surface area contributed by atoms with Gasteiger partial charge in [0, 0.05) is 54.5 Å². The summed E-state index contributed by atoms with van der Waals surface area (Å²) < 4.78 is 45.5. The van der Waals surface area contributed by atoms with Gasteiger partial charge in [-0.3, -0.25) is 12.9 Å². The van der Waals surface area contributed by atoms with Crippen molar-refractivity contribution in [3.63, 3.8) is 0 Å². The second kappa shape index (κ2) is 10.7. The van der Waals surface area contributed by atoms with E-state index >= 15 is 0 Å². The van der Waals surface area contributed by atoms with Crippen molar-refractivity contribution in [1.82, 2.24) is 10.3 Å². The van der Waals surface area contributed by atoms with Crippen molar-refractivity contribution in [2.24, 2.45) is 0 Å². The molecule has 0 unspecified atom stereocenters. The molecule has 0 saturated carbocycles. The van der Waals surface area contributed by atoms with Gasteiger partial charge in [-0.05, 0) is 70.6 Å². The van der Waals surface area contributed by atoms with Crippen LogP contribution in [0.1, 0.15) is 10.4 Å². The monoisotopic (exact) mass is 659 g/mol. The van der Waals surface area contributed by atoms with Crippen LogP contribution >= 0.6 is 20.1 Å². The third-order valence-corrected chi connectivity index (χ3v) is 8.75. The van der Waals surface area contributed by atoms with Crippen LogP contribution in [0.2, 0.25) is 0 Å². The highest BCUT2D eigenvalue weighted by atomic mass is 127. The van der Waals surface area contributed by atoms with Gasteiger partial charge in [-0.2, -0.15) is 0 Å². The van der Waals surface area contributed by atoms with Crippen LogP contribution in [0.5, 0.6) is 0 Å². The van der Waals surface area contributed by atoms with Crippen molar-refractivity contribution in [1.29, 1.82) is 0 Å². The normalized spacial score (nSPS) is 11.3. The fraction of sp³-hybridized carbons (Fsp3) is 0.0625. The number of nitrogens with one attached hydrogen (secondary N) is 1. The number of furan rings is 1.